The Labute approximate surface area is 96.1 Å². The highest BCUT2D eigenvalue weighted by molar-refractivity contribution is 5.28. The molecule has 90 valence electrons. The van der Waals surface area contributed by atoms with Crippen LogP contribution in [-0.4, -0.2) is 34.2 Å². The zero-order chi connectivity index (χ0) is 11.8. The zero-order valence-corrected chi connectivity index (χ0v) is 9.93. The zero-order valence-electron chi connectivity index (χ0n) is 9.93. The summed E-state index contributed by atoms with van der Waals surface area (Å²) in [5, 5.41) is 0. The highest BCUT2D eigenvalue weighted by atomic mass is 16.7. The third kappa shape index (κ3) is 4.18. The van der Waals surface area contributed by atoms with E-state index in [4.69, 9.17) is 18.9 Å². The molecule has 0 N–H and O–H groups in total. The molecule has 0 aromatic heterocycles. The van der Waals surface area contributed by atoms with E-state index in [0.717, 1.165) is 11.3 Å². The molecule has 0 saturated heterocycles. The first kappa shape index (κ1) is 13.0. The van der Waals surface area contributed by atoms with Gasteiger partial charge in [0.25, 0.3) is 0 Å². The first-order chi connectivity index (χ1) is 7.80. The predicted octanol–water partition coefficient (Wildman–Crippen LogP) is 1.83. The predicted molar refractivity (Wildman–Crippen MR) is 60.5 cm³/mol. The van der Waals surface area contributed by atoms with E-state index in [0.29, 0.717) is 13.2 Å². The fourth-order valence-corrected chi connectivity index (χ4v) is 1.29. The lowest BCUT2D eigenvalue weighted by Gasteiger charge is -2.14. The van der Waals surface area contributed by atoms with Crippen molar-refractivity contribution in [3.63, 3.8) is 0 Å². The molecule has 0 amide bonds. The lowest BCUT2D eigenvalue weighted by atomic mass is 10.2. The van der Waals surface area contributed by atoms with Gasteiger partial charge in [-0.2, -0.15) is 0 Å². The van der Waals surface area contributed by atoms with Crippen molar-refractivity contribution in [3.05, 3.63) is 29.8 Å². The molecule has 0 fully saturated rings. The summed E-state index contributed by atoms with van der Waals surface area (Å²) < 4.78 is 20.6. The van der Waals surface area contributed by atoms with Crippen LogP contribution in [-0.2, 0) is 20.8 Å². The molecule has 1 aromatic carbocycles. The molecule has 1 rings (SSSR count). The minimum atomic E-state index is -0.342. The van der Waals surface area contributed by atoms with Crippen LogP contribution >= 0.6 is 0 Å². The van der Waals surface area contributed by atoms with E-state index < -0.39 is 0 Å². The fourth-order valence-electron chi connectivity index (χ4n) is 1.29. The van der Waals surface area contributed by atoms with E-state index >= 15 is 0 Å². The van der Waals surface area contributed by atoms with Crippen molar-refractivity contribution in [2.75, 3.05) is 27.9 Å². The van der Waals surface area contributed by atoms with E-state index in [2.05, 4.69) is 0 Å². The van der Waals surface area contributed by atoms with Gasteiger partial charge in [0.05, 0.1) is 6.61 Å². The first-order valence-corrected chi connectivity index (χ1v) is 5.06. The van der Waals surface area contributed by atoms with Crippen LogP contribution in [0.15, 0.2) is 24.3 Å². The number of ether oxygens (including phenoxy) is 4. The molecule has 0 unspecified atom stereocenters. The molecule has 0 atom stereocenters. The van der Waals surface area contributed by atoms with Gasteiger partial charge in [-0.1, -0.05) is 12.1 Å². The topological polar surface area (TPSA) is 36.9 Å². The van der Waals surface area contributed by atoms with Crippen molar-refractivity contribution in [2.24, 2.45) is 0 Å². The summed E-state index contributed by atoms with van der Waals surface area (Å²) in [6.07, 6.45) is -0.342. The van der Waals surface area contributed by atoms with Gasteiger partial charge in [-0.3, -0.25) is 0 Å². The molecular formula is C12H18O4. The second-order valence-corrected chi connectivity index (χ2v) is 3.29. The molecule has 0 radical (unpaired) electrons. The van der Waals surface area contributed by atoms with Crippen molar-refractivity contribution in [1.29, 1.82) is 0 Å². The molecular weight excluding hydrogens is 208 g/mol. The van der Waals surface area contributed by atoms with E-state index in [1.807, 2.05) is 24.3 Å². The minimum Gasteiger partial charge on any atom is -0.488 e. The molecule has 1 aromatic rings. The first-order valence-electron chi connectivity index (χ1n) is 5.06. The van der Waals surface area contributed by atoms with Gasteiger partial charge < -0.3 is 18.9 Å². The smallest absolute Gasteiger partial charge is 0.191 e. The lowest BCUT2D eigenvalue weighted by molar-refractivity contribution is -0.121. The van der Waals surface area contributed by atoms with Crippen LogP contribution in [0.2, 0.25) is 0 Å². The van der Waals surface area contributed by atoms with Crippen LogP contribution in [0.3, 0.4) is 0 Å². The Morgan fingerprint density at radius 1 is 1.12 bits per heavy atom. The SMILES string of the molecule is COCc1cccc(OCC(OC)OC)c1. The van der Waals surface area contributed by atoms with Gasteiger partial charge in [-0.05, 0) is 17.7 Å². The largest absolute Gasteiger partial charge is 0.488 e. The number of hydrogen-bond acceptors (Lipinski definition) is 4. The number of methoxy groups -OCH3 is 3. The van der Waals surface area contributed by atoms with E-state index in [-0.39, 0.29) is 6.29 Å². The Morgan fingerprint density at radius 3 is 2.50 bits per heavy atom. The average molecular weight is 226 g/mol. The molecule has 0 aliphatic heterocycles. The summed E-state index contributed by atoms with van der Waals surface area (Å²) in [7, 11) is 4.83. The normalized spacial score (nSPS) is 10.8. The summed E-state index contributed by atoms with van der Waals surface area (Å²) in [6, 6.07) is 7.74. The lowest BCUT2D eigenvalue weighted by Crippen LogP contribution is -2.22. The second kappa shape index (κ2) is 7.22. The van der Waals surface area contributed by atoms with Gasteiger partial charge in [0, 0.05) is 21.3 Å². The standard InChI is InChI=1S/C12H18O4/c1-13-8-10-5-4-6-11(7-10)16-9-12(14-2)15-3/h4-7,12H,8-9H2,1-3H3. The van der Waals surface area contributed by atoms with Crippen LogP contribution < -0.4 is 4.74 Å². The van der Waals surface area contributed by atoms with Gasteiger partial charge in [0.1, 0.15) is 12.4 Å². The Hall–Kier alpha value is -1.10. The third-order valence-electron chi connectivity index (χ3n) is 2.12. The van der Waals surface area contributed by atoms with Crippen LogP contribution in [0.1, 0.15) is 5.56 Å². The minimum absolute atomic E-state index is 0.342. The summed E-state index contributed by atoms with van der Waals surface area (Å²) in [5.41, 5.74) is 1.08. The fraction of sp³-hybridized carbons (Fsp3) is 0.500. The molecule has 16 heavy (non-hydrogen) atoms. The maximum absolute atomic E-state index is 5.53. The summed E-state index contributed by atoms with van der Waals surface area (Å²) >= 11 is 0. The molecule has 4 heteroatoms. The highest BCUT2D eigenvalue weighted by Crippen LogP contribution is 2.14. The van der Waals surface area contributed by atoms with Crippen molar-refractivity contribution < 1.29 is 18.9 Å². The van der Waals surface area contributed by atoms with Crippen molar-refractivity contribution in [2.45, 2.75) is 12.9 Å². The summed E-state index contributed by atoms with van der Waals surface area (Å²) in [4.78, 5) is 0. The molecule has 0 saturated carbocycles. The van der Waals surface area contributed by atoms with E-state index in [9.17, 15) is 0 Å². The summed E-state index contributed by atoms with van der Waals surface area (Å²) in [6.45, 7) is 0.943. The van der Waals surface area contributed by atoms with Crippen LogP contribution in [0.4, 0.5) is 0 Å². The molecule has 0 bridgehead atoms. The molecule has 0 spiro atoms. The summed E-state index contributed by atoms with van der Waals surface area (Å²) in [5.74, 6) is 0.786. The molecule has 0 heterocycles. The Balaban J connectivity index is 2.49. The van der Waals surface area contributed by atoms with Gasteiger partial charge in [0.15, 0.2) is 6.29 Å². The van der Waals surface area contributed by atoms with Gasteiger partial charge in [0.2, 0.25) is 0 Å². The van der Waals surface area contributed by atoms with Crippen molar-refractivity contribution in [3.8, 4) is 5.75 Å². The quantitative estimate of drug-likeness (QED) is 0.665. The molecule has 0 aliphatic rings. The van der Waals surface area contributed by atoms with Gasteiger partial charge >= 0.3 is 0 Å². The maximum Gasteiger partial charge on any atom is 0.191 e. The third-order valence-corrected chi connectivity index (χ3v) is 2.12. The monoisotopic (exact) mass is 226 g/mol. The Kier molecular flexibility index (Phi) is 5.85. The average Bonchev–Trinajstić information content (AvgIpc) is 2.31. The van der Waals surface area contributed by atoms with Crippen molar-refractivity contribution >= 4 is 0 Å². The highest BCUT2D eigenvalue weighted by Gasteiger charge is 2.05. The van der Waals surface area contributed by atoms with Crippen LogP contribution in [0.25, 0.3) is 0 Å². The van der Waals surface area contributed by atoms with Crippen LogP contribution in [0, 0.1) is 0 Å². The van der Waals surface area contributed by atoms with Crippen molar-refractivity contribution in [1.82, 2.24) is 0 Å². The number of rotatable bonds is 7. The second-order valence-electron chi connectivity index (χ2n) is 3.29. The number of hydrogen-bond donors (Lipinski definition) is 0. The Morgan fingerprint density at radius 2 is 1.88 bits per heavy atom. The Bertz CT molecular complexity index is 297. The van der Waals surface area contributed by atoms with Gasteiger partial charge in [-0.25, -0.2) is 0 Å². The maximum atomic E-state index is 5.53. The number of benzene rings is 1. The van der Waals surface area contributed by atoms with E-state index in [1.165, 1.54) is 0 Å². The molecule has 4 nitrogen and oxygen atoms in total. The van der Waals surface area contributed by atoms with Gasteiger partial charge in [-0.15, -0.1) is 0 Å². The molecule has 0 aliphatic carbocycles. The van der Waals surface area contributed by atoms with Crippen LogP contribution in [0.5, 0.6) is 5.75 Å². The van der Waals surface area contributed by atoms with E-state index in [1.54, 1.807) is 21.3 Å².